The van der Waals surface area contributed by atoms with Crippen molar-refractivity contribution in [3.05, 3.63) is 42.1 Å². The number of halogens is 1. The second-order valence-electron chi connectivity index (χ2n) is 3.27. The zero-order chi connectivity index (χ0) is 11.4. The maximum atomic E-state index is 12.7. The molecule has 5 heteroatoms. The summed E-state index contributed by atoms with van der Waals surface area (Å²) in [6.45, 7) is 0.535. The van der Waals surface area contributed by atoms with E-state index >= 15 is 0 Å². The number of nitrogens with two attached hydrogens (primary N) is 1. The Morgan fingerprint density at radius 2 is 2.06 bits per heavy atom. The summed E-state index contributed by atoms with van der Waals surface area (Å²) in [4.78, 5) is 12.3. The molecule has 0 saturated heterocycles. The van der Waals surface area contributed by atoms with Crippen molar-refractivity contribution < 1.29 is 4.39 Å². The van der Waals surface area contributed by atoms with E-state index in [2.05, 4.69) is 15.0 Å². The molecule has 2 N–H and O–H groups in total. The first-order chi connectivity index (χ1) is 7.79. The Kier molecular flexibility index (Phi) is 3.16. The summed E-state index contributed by atoms with van der Waals surface area (Å²) in [6.07, 6.45) is 3.49. The normalized spacial score (nSPS) is 10.4. The van der Waals surface area contributed by atoms with Gasteiger partial charge >= 0.3 is 0 Å². The predicted octanol–water partition coefficient (Wildman–Crippen LogP) is 1.18. The maximum absolute atomic E-state index is 12.7. The van der Waals surface area contributed by atoms with Gasteiger partial charge in [-0.2, -0.15) is 0 Å². The van der Waals surface area contributed by atoms with Crippen LogP contribution in [0.2, 0.25) is 0 Å². The van der Waals surface area contributed by atoms with Gasteiger partial charge < -0.3 is 5.73 Å². The molecule has 0 fully saturated rings. The highest BCUT2D eigenvalue weighted by atomic mass is 19.1. The van der Waals surface area contributed by atoms with Crippen molar-refractivity contribution in [3.8, 4) is 11.5 Å². The van der Waals surface area contributed by atoms with Gasteiger partial charge in [0.2, 0.25) is 0 Å². The van der Waals surface area contributed by atoms with Crippen LogP contribution in [0.5, 0.6) is 0 Å². The van der Waals surface area contributed by atoms with Crippen LogP contribution in [0.25, 0.3) is 11.5 Å². The molecular weight excluding hydrogens is 207 g/mol. The summed E-state index contributed by atoms with van der Waals surface area (Å²) in [5, 5.41) is 0. The Hall–Kier alpha value is -1.88. The molecule has 16 heavy (non-hydrogen) atoms. The SMILES string of the molecule is NCCc1ccnc(-c2ccc(F)cn2)n1. The van der Waals surface area contributed by atoms with E-state index in [4.69, 9.17) is 5.73 Å². The zero-order valence-electron chi connectivity index (χ0n) is 8.60. The van der Waals surface area contributed by atoms with Gasteiger partial charge in [0.05, 0.1) is 6.20 Å². The largest absolute Gasteiger partial charge is 0.330 e. The van der Waals surface area contributed by atoms with Crippen molar-refractivity contribution in [1.29, 1.82) is 0 Å². The molecule has 2 aromatic rings. The lowest BCUT2D eigenvalue weighted by molar-refractivity contribution is 0.621. The highest BCUT2D eigenvalue weighted by molar-refractivity contribution is 5.48. The Bertz CT molecular complexity index is 470. The van der Waals surface area contributed by atoms with E-state index in [1.165, 1.54) is 6.07 Å². The van der Waals surface area contributed by atoms with Crippen LogP contribution < -0.4 is 5.73 Å². The molecule has 82 valence electrons. The highest BCUT2D eigenvalue weighted by Gasteiger charge is 2.03. The molecule has 0 atom stereocenters. The number of nitrogens with zero attached hydrogens (tertiary/aromatic N) is 3. The third-order valence-electron chi connectivity index (χ3n) is 2.07. The van der Waals surface area contributed by atoms with Crippen LogP contribution in [0.3, 0.4) is 0 Å². The number of rotatable bonds is 3. The standard InChI is InChI=1S/C11H11FN4/c12-8-1-2-10(15-7-8)11-14-6-4-9(16-11)3-5-13/h1-2,4,6-7H,3,5,13H2. The molecule has 2 aromatic heterocycles. The fraction of sp³-hybridized carbons (Fsp3) is 0.182. The van der Waals surface area contributed by atoms with Crippen LogP contribution in [0, 0.1) is 5.82 Å². The first-order valence-corrected chi connectivity index (χ1v) is 4.93. The van der Waals surface area contributed by atoms with Gasteiger partial charge in [-0.15, -0.1) is 0 Å². The highest BCUT2D eigenvalue weighted by Crippen LogP contribution is 2.11. The topological polar surface area (TPSA) is 64.7 Å². The minimum absolute atomic E-state index is 0.373. The Morgan fingerprint density at radius 1 is 1.19 bits per heavy atom. The summed E-state index contributed by atoms with van der Waals surface area (Å²) >= 11 is 0. The molecule has 2 rings (SSSR count). The third-order valence-corrected chi connectivity index (χ3v) is 2.07. The predicted molar refractivity (Wildman–Crippen MR) is 58.0 cm³/mol. The monoisotopic (exact) mass is 218 g/mol. The van der Waals surface area contributed by atoms with E-state index in [-0.39, 0.29) is 5.82 Å². The van der Waals surface area contributed by atoms with Crippen LogP contribution in [0.15, 0.2) is 30.6 Å². The molecule has 0 aromatic carbocycles. The molecule has 0 spiro atoms. The molecule has 0 amide bonds. The smallest absolute Gasteiger partial charge is 0.178 e. The summed E-state index contributed by atoms with van der Waals surface area (Å²) < 4.78 is 12.7. The van der Waals surface area contributed by atoms with Crippen LogP contribution in [0.1, 0.15) is 5.69 Å². The minimum atomic E-state index is -0.373. The molecule has 0 aliphatic carbocycles. The third kappa shape index (κ3) is 2.38. The van der Waals surface area contributed by atoms with E-state index in [1.807, 2.05) is 0 Å². The van der Waals surface area contributed by atoms with E-state index in [9.17, 15) is 4.39 Å². The first-order valence-electron chi connectivity index (χ1n) is 4.93. The van der Waals surface area contributed by atoms with Gasteiger partial charge in [-0.1, -0.05) is 0 Å². The molecule has 0 bridgehead atoms. The lowest BCUT2D eigenvalue weighted by atomic mass is 10.3. The molecular formula is C11H11FN4. The van der Waals surface area contributed by atoms with Crippen LogP contribution in [0.4, 0.5) is 4.39 Å². The molecule has 2 heterocycles. The van der Waals surface area contributed by atoms with Gasteiger partial charge in [-0.25, -0.2) is 19.3 Å². The quantitative estimate of drug-likeness (QED) is 0.840. The van der Waals surface area contributed by atoms with Gasteiger partial charge in [0.25, 0.3) is 0 Å². The van der Waals surface area contributed by atoms with Crippen molar-refractivity contribution in [2.45, 2.75) is 6.42 Å². The Balaban J connectivity index is 2.32. The fourth-order valence-electron chi connectivity index (χ4n) is 1.31. The second-order valence-corrected chi connectivity index (χ2v) is 3.27. The van der Waals surface area contributed by atoms with Crippen molar-refractivity contribution in [1.82, 2.24) is 15.0 Å². The van der Waals surface area contributed by atoms with Crippen molar-refractivity contribution in [2.24, 2.45) is 5.73 Å². The summed E-state index contributed by atoms with van der Waals surface area (Å²) in [7, 11) is 0. The van der Waals surface area contributed by atoms with E-state index < -0.39 is 0 Å². The van der Waals surface area contributed by atoms with Crippen LogP contribution in [-0.4, -0.2) is 21.5 Å². The molecule has 0 aliphatic heterocycles. The zero-order valence-corrected chi connectivity index (χ0v) is 8.60. The second kappa shape index (κ2) is 4.76. The number of hydrogen-bond donors (Lipinski definition) is 1. The Labute approximate surface area is 92.4 Å². The minimum Gasteiger partial charge on any atom is -0.330 e. The maximum Gasteiger partial charge on any atom is 0.178 e. The first kappa shape index (κ1) is 10.6. The van der Waals surface area contributed by atoms with Gasteiger partial charge in [0.15, 0.2) is 5.82 Å². The number of aromatic nitrogens is 3. The molecule has 0 radical (unpaired) electrons. The number of pyridine rings is 1. The van der Waals surface area contributed by atoms with Gasteiger partial charge in [-0.3, -0.25) is 0 Å². The molecule has 0 unspecified atom stereocenters. The molecule has 0 saturated carbocycles. The Morgan fingerprint density at radius 3 is 2.75 bits per heavy atom. The average Bonchev–Trinajstić information content (AvgIpc) is 2.31. The van der Waals surface area contributed by atoms with E-state index in [1.54, 1.807) is 18.3 Å². The van der Waals surface area contributed by atoms with Crippen molar-refractivity contribution in [2.75, 3.05) is 6.54 Å². The van der Waals surface area contributed by atoms with E-state index in [0.717, 1.165) is 11.9 Å². The molecule has 0 aliphatic rings. The van der Waals surface area contributed by atoms with Crippen molar-refractivity contribution >= 4 is 0 Å². The summed E-state index contributed by atoms with van der Waals surface area (Å²) in [6, 6.07) is 4.69. The van der Waals surface area contributed by atoms with Gasteiger partial charge in [0, 0.05) is 18.3 Å². The van der Waals surface area contributed by atoms with Gasteiger partial charge in [0.1, 0.15) is 11.5 Å². The van der Waals surface area contributed by atoms with Gasteiger partial charge in [-0.05, 0) is 24.7 Å². The van der Waals surface area contributed by atoms with E-state index in [0.29, 0.717) is 24.5 Å². The summed E-state index contributed by atoms with van der Waals surface area (Å²) in [5.41, 5.74) is 6.86. The van der Waals surface area contributed by atoms with Crippen LogP contribution >= 0.6 is 0 Å². The fourth-order valence-corrected chi connectivity index (χ4v) is 1.31. The van der Waals surface area contributed by atoms with Crippen molar-refractivity contribution in [3.63, 3.8) is 0 Å². The molecule has 4 nitrogen and oxygen atoms in total. The number of hydrogen-bond acceptors (Lipinski definition) is 4. The summed E-state index contributed by atoms with van der Waals surface area (Å²) in [5.74, 6) is 0.118. The lowest BCUT2D eigenvalue weighted by Gasteiger charge is -2.01. The average molecular weight is 218 g/mol. The lowest BCUT2D eigenvalue weighted by Crippen LogP contribution is -2.05. The van der Waals surface area contributed by atoms with Crippen LogP contribution in [-0.2, 0) is 6.42 Å².